The van der Waals surface area contributed by atoms with Crippen LogP contribution >= 0.6 is 12.6 Å². The predicted molar refractivity (Wildman–Crippen MR) is 65.7 cm³/mol. The Kier molecular flexibility index (Phi) is 4.50. The van der Waals surface area contributed by atoms with Crippen LogP contribution in [0.5, 0.6) is 0 Å². The number of aromatic nitrogens is 2. The number of hydrogen-bond donors (Lipinski definition) is 1. The lowest BCUT2D eigenvalue weighted by Crippen LogP contribution is -2.39. The highest BCUT2D eigenvalue weighted by Gasteiger charge is 2.18. The maximum atomic E-state index is 11.7. The first-order valence-electron chi connectivity index (χ1n) is 5.04. The molecule has 0 saturated carbocycles. The number of rotatable bonds is 5. The highest BCUT2D eigenvalue weighted by Crippen LogP contribution is 2.00. The molecule has 0 aliphatic carbocycles. The van der Waals surface area contributed by atoms with E-state index in [1.807, 2.05) is 0 Å². The molecule has 17 heavy (non-hydrogen) atoms. The zero-order valence-corrected chi connectivity index (χ0v) is 10.2. The SMILES string of the molecule is Cn1cc([N+](=O)[O-])c(=O)n(CCCCS)c1=O. The molecule has 0 aromatic carbocycles. The minimum atomic E-state index is -0.850. The number of thiol groups is 1. The Labute approximate surface area is 102 Å². The highest BCUT2D eigenvalue weighted by molar-refractivity contribution is 7.80. The van der Waals surface area contributed by atoms with Crippen molar-refractivity contribution in [3.8, 4) is 0 Å². The van der Waals surface area contributed by atoms with Crippen LogP contribution in [0.2, 0.25) is 0 Å². The van der Waals surface area contributed by atoms with Gasteiger partial charge in [-0.25, -0.2) is 4.79 Å². The van der Waals surface area contributed by atoms with Crippen LogP contribution < -0.4 is 11.2 Å². The molecule has 0 radical (unpaired) electrons. The number of aryl methyl sites for hydroxylation is 1. The summed E-state index contributed by atoms with van der Waals surface area (Å²) in [6.07, 6.45) is 2.26. The molecule has 1 rings (SSSR count). The summed E-state index contributed by atoms with van der Waals surface area (Å²) >= 11 is 4.01. The second kappa shape index (κ2) is 5.67. The molecule has 8 heteroatoms. The van der Waals surface area contributed by atoms with Gasteiger partial charge in [0.25, 0.3) is 0 Å². The quantitative estimate of drug-likeness (QED) is 0.353. The van der Waals surface area contributed by atoms with Crippen LogP contribution in [0.4, 0.5) is 5.69 Å². The van der Waals surface area contributed by atoms with Gasteiger partial charge in [-0.05, 0) is 18.6 Å². The van der Waals surface area contributed by atoms with Gasteiger partial charge in [0.05, 0.1) is 11.1 Å². The van der Waals surface area contributed by atoms with Gasteiger partial charge in [-0.1, -0.05) is 0 Å². The number of nitro groups is 1. The summed E-state index contributed by atoms with van der Waals surface area (Å²) in [5.74, 6) is 0.643. The first-order chi connectivity index (χ1) is 7.99. The van der Waals surface area contributed by atoms with Crippen molar-refractivity contribution in [3.63, 3.8) is 0 Å². The fourth-order valence-electron chi connectivity index (χ4n) is 1.41. The van der Waals surface area contributed by atoms with Crippen LogP contribution in [0.25, 0.3) is 0 Å². The average molecular weight is 259 g/mol. The second-order valence-electron chi connectivity index (χ2n) is 3.55. The fourth-order valence-corrected chi connectivity index (χ4v) is 1.64. The number of nitrogens with zero attached hydrogens (tertiary/aromatic N) is 3. The topological polar surface area (TPSA) is 87.1 Å². The molecule has 1 heterocycles. The highest BCUT2D eigenvalue weighted by atomic mass is 32.1. The summed E-state index contributed by atoms with van der Waals surface area (Å²) in [7, 11) is 1.38. The average Bonchev–Trinajstić information content (AvgIpc) is 2.28. The van der Waals surface area contributed by atoms with E-state index in [9.17, 15) is 19.7 Å². The third-order valence-corrected chi connectivity index (χ3v) is 2.62. The van der Waals surface area contributed by atoms with Gasteiger partial charge in [-0.15, -0.1) is 0 Å². The molecule has 1 aromatic rings. The Bertz CT molecular complexity index is 534. The Balaban J connectivity index is 3.23. The smallest absolute Gasteiger partial charge is 0.297 e. The summed E-state index contributed by atoms with van der Waals surface area (Å²) in [4.78, 5) is 33.2. The largest absolute Gasteiger partial charge is 0.350 e. The molecular weight excluding hydrogens is 246 g/mol. The minimum Gasteiger partial charge on any atom is -0.297 e. The van der Waals surface area contributed by atoms with Crippen molar-refractivity contribution in [2.75, 3.05) is 5.75 Å². The number of hydrogen-bond acceptors (Lipinski definition) is 5. The monoisotopic (exact) mass is 259 g/mol. The maximum absolute atomic E-state index is 11.7. The van der Waals surface area contributed by atoms with Crippen molar-refractivity contribution < 1.29 is 4.92 Å². The third kappa shape index (κ3) is 2.96. The standard InChI is InChI=1S/C9H13N3O4S/c1-10-6-7(12(15)16)8(13)11(9(10)14)4-2-3-5-17/h6,17H,2-5H2,1H3. The van der Waals surface area contributed by atoms with Crippen molar-refractivity contribution in [1.29, 1.82) is 0 Å². The first kappa shape index (κ1) is 13.5. The van der Waals surface area contributed by atoms with Crippen molar-refractivity contribution in [2.45, 2.75) is 19.4 Å². The van der Waals surface area contributed by atoms with E-state index in [2.05, 4.69) is 12.6 Å². The maximum Gasteiger partial charge on any atom is 0.350 e. The number of unbranched alkanes of at least 4 members (excludes halogenated alkanes) is 1. The predicted octanol–water partition coefficient (Wildman–Crippen LogP) is 0.165. The van der Waals surface area contributed by atoms with Crippen LogP contribution in [0.15, 0.2) is 15.8 Å². The van der Waals surface area contributed by atoms with Crippen LogP contribution in [-0.4, -0.2) is 19.8 Å². The molecule has 0 atom stereocenters. The lowest BCUT2D eigenvalue weighted by Gasteiger charge is -2.06. The first-order valence-corrected chi connectivity index (χ1v) is 5.68. The fraction of sp³-hybridized carbons (Fsp3) is 0.556. The van der Waals surface area contributed by atoms with Gasteiger partial charge in [0, 0.05) is 13.6 Å². The Morgan fingerprint density at radius 2 is 2.06 bits per heavy atom. The van der Waals surface area contributed by atoms with Gasteiger partial charge < -0.3 is 0 Å². The minimum absolute atomic E-state index is 0.174. The lowest BCUT2D eigenvalue weighted by atomic mass is 10.3. The Hall–Kier alpha value is -1.57. The van der Waals surface area contributed by atoms with Crippen LogP contribution in [-0.2, 0) is 13.6 Å². The summed E-state index contributed by atoms with van der Waals surface area (Å²) in [5, 5.41) is 10.6. The zero-order valence-electron chi connectivity index (χ0n) is 9.33. The molecule has 0 aliphatic rings. The van der Waals surface area contributed by atoms with Gasteiger partial charge >= 0.3 is 16.9 Å². The van der Waals surface area contributed by atoms with Crippen molar-refractivity contribution in [3.05, 3.63) is 37.1 Å². The van der Waals surface area contributed by atoms with E-state index in [0.717, 1.165) is 21.8 Å². The second-order valence-corrected chi connectivity index (χ2v) is 4.00. The molecule has 94 valence electrons. The van der Waals surface area contributed by atoms with Crippen LogP contribution in [0.1, 0.15) is 12.8 Å². The van der Waals surface area contributed by atoms with E-state index in [1.54, 1.807) is 0 Å². The summed E-state index contributed by atoms with van der Waals surface area (Å²) < 4.78 is 1.93. The zero-order chi connectivity index (χ0) is 13.0. The Morgan fingerprint density at radius 3 is 2.59 bits per heavy atom. The van der Waals surface area contributed by atoms with E-state index >= 15 is 0 Å². The van der Waals surface area contributed by atoms with Gasteiger partial charge in [0.1, 0.15) is 0 Å². The molecule has 0 saturated heterocycles. The van der Waals surface area contributed by atoms with E-state index < -0.39 is 21.9 Å². The van der Waals surface area contributed by atoms with Crippen molar-refractivity contribution >= 4 is 18.3 Å². The van der Waals surface area contributed by atoms with Gasteiger partial charge in [0.15, 0.2) is 0 Å². The van der Waals surface area contributed by atoms with Crippen LogP contribution in [0, 0.1) is 10.1 Å². The molecular formula is C9H13N3O4S. The third-order valence-electron chi connectivity index (χ3n) is 2.30. The van der Waals surface area contributed by atoms with Crippen LogP contribution in [0.3, 0.4) is 0 Å². The van der Waals surface area contributed by atoms with Gasteiger partial charge in [-0.2, -0.15) is 12.6 Å². The lowest BCUT2D eigenvalue weighted by molar-refractivity contribution is -0.387. The molecule has 0 fully saturated rings. The van der Waals surface area contributed by atoms with E-state index in [-0.39, 0.29) is 6.54 Å². The molecule has 0 amide bonds. The summed E-state index contributed by atoms with van der Waals surface area (Å²) in [6.45, 7) is 0.174. The normalized spacial score (nSPS) is 10.5. The molecule has 0 unspecified atom stereocenters. The molecule has 0 bridgehead atoms. The Morgan fingerprint density at radius 1 is 1.41 bits per heavy atom. The summed E-state index contributed by atoms with van der Waals surface area (Å²) in [5.41, 5.74) is -1.98. The van der Waals surface area contributed by atoms with E-state index in [1.165, 1.54) is 7.05 Å². The molecule has 1 aromatic heterocycles. The summed E-state index contributed by atoms with van der Waals surface area (Å²) in [6, 6.07) is 0. The van der Waals surface area contributed by atoms with Crippen molar-refractivity contribution in [2.24, 2.45) is 7.05 Å². The molecule has 7 nitrogen and oxygen atoms in total. The molecule has 0 aliphatic heterocycles. The van der Waals surface area contributed by atoms with Gasteiger partial charge in [0.2, 0.25) is 0 Å². The molecule has 0 spiro atoms. The van der Waals surface area contributed by atoms with E-state index in [0.29, 0.717) is 12.2 Å². The van der Waals surface area contributed by atoms with Crippen molar-refractivity contribution in [1.82, 2.24) is 9.13 Å². The van der Waals surface area contributed by atoms with Gasteiger partial charge in [-0.3, -0.25) is 24.0 Å². The molecule has 0 N–H and O–H groups in total. The van der Waals surface area contributed by atoms with E-state index in [4.69, 9.17) is 0 Å².